The van der Waals surface area contributed by atoms with Crippen LogP contribution in [0.3, 0.4) is 0 Å². The Labute approximate surface area is 183 Å². The second-order valence-corrected chi connectivity index (χ2v) is 8.42. The van der Waals surface area contributed by atoms with Gasteiger partial charge in [0.15, 0.2) is 5.17 Å². The van der Waals surface area contributed by atoms with Crippen LogP contribution >= 0.6 is 23.4 Å². The Morgan fingerprint density at radius 3 is 2.73 bits per heavy atom. The van der Waals surface area contributed by atoms with Gasteiger partial charge in [-0.05, 0) is 18.2 Å². The Morgan fingerprint density at radius 2 is 1.97 bits per heavy atom. The molecule has 0 radical (unpaired) electrons. The number of benzene rings is 2. The van der Waals surface area contributed by atoms with E-state index in [0.29, 0.717) is 15.9 Å². The zero-order chi connectivity index (χ0) is 21.3. The van der Waals surface area contributed by atoms with Crippen molar-refractivity contribution in [2.45, 2.75) is 18.2 Å². The zero-order valence-electron chi connectivity index (χ0n) is 16.5. The highest BCUT2D eigenvalue weighted by atomic mass is 35.5. The number of aryl methyl sites for hydroxylation is 1. The number of para-hydroxylation sites is 2. The highest BCUT2D eigenvalue weighted by molar-refractivity contribution is 8.15. The first kappa shape index (κ1) is 20.4. The lowest BCUT2D eigenvalue weighted by atomic mass is 10.2. The number of fused-ring (bicyclic) bond motifs is 1. The molecule has 2 heterocycles. The highest BCUT2D eigenvalue weighted by Gasteiger charge is 2.39. The molecule has 2 aromatic carbocycles. The molecular formula is C21H20ClN5O2S. The molecule has 1 aliphatic rings. The predicted octanol–water partition coefficient (Wildman–Crippen LogP) is 3.49. The van der Waals surface area contributed by atoms with Crippen LogP contribution in [-0.2, 0) is 23.2 Å². The molecule has 1 saturated heterocycles. The van der Waals surface area contributed by atoms with E-state index in [0.717, 1.165) is 16.6 Å². The quantitative estimate of drug-likeness (QED) is 0.657. The lowest BCUT2D eigenvalue weighted by Crippen LogP contribution is -2.34. The first-order valence-corrected chi connectivity index (χ1v) is 10.7. The average molecular weight is 442 g/mol. The monoisotopic (exact) mass is 441 g/mol. The van der Waals surface area contributed by atoms with Crippen molar-refractivity contribution in [2.75, 3.05) is 7.05 Å². The van der Waals surface area contributed by atoms with Gasteiger partial charge in [0, 0.05) is 25.9 Å². The third kappa shape index (κ3) is 3.93. The SMILES string of the molecule is CNC(=O)CC1SC(=Nc2ccccc2Cl)N(Cc2nn(C)c3ccccc23)C1=O. The number of rotatable bonds is 5. The summed E-state index contributed by atoms with van der Waals surface area (Å²) in [5, 5.41) is 8.62. The Morgan fingerprint density at radius 1 is 1.23 bits per heavy atom. The second kappa shape index (κ2) is 8.49. The molecule has 154 valence electrons. The Hall–Kier alpha value is -2.84. The zero-order valence-corrected chi connectivity index (χ0v) is 18.1. The Balaban J connectivity index is 1.72. The molecule has 1 aromatic heterocycles. The molecule has 4 rings (SSSR count). The van der Waals surface area contributed by atoms with Crippen molar-refractivity contribution in [3.63, 3.8) is 0 Å². The van der Waals surface area contributed by atoms with Gasteiger partial charge in [-0.3, -0.25) is 19.2 Å². The van der Waals surface area contributed by atoms with Gasteiger partial charge >= 0.3 is 0 Å². The van der Waals surface area contributed by atoms with Crippen LogP contribution in [0.2, 0.25) is 5.02 Å². The number of amidine groups is 1. The van der Waals surface area contributed by atoms with Crippen LogP contribution in [0.15, 0.2) is 53.5 Å². The maximum Gasteiger partial charge on any atom is 0.243 e. The summed E-state index contributed by atoms with van der Waals surface area (Å²) < 4.78 is 1.80. The molecule has 1 unspecified atom stereocenters. The predicted molar refractivity (Wildman–Crippen MR) is 120 cm³/mol. The largest absolute Gasteiger partial charge is 0.359 e. The highest BCUT2D eigenvalue weighted by Crippen LogP contribution is 2.35. The third-order valence-corrected chi connectivity index (χ3v) is 6.38. The molecule has 2 amide bonds. The van der Waals surface area contributed by atoms with Gasteiger partial charge in [-0.1, -0.05) is 53.7 Å². The summed E-state index contributed by atoms with van der Waals surface area (Å²) >= 11 is 7.55. The summed E-state index contributed by atoms with van der Waals surface area (Å²) in [6.45, 7) is 0.265. The minimum atomic E-state index is -0.541. The van der Waals surface area contributed by atoms with E-state index in [1.165, 1.54) is 11.8 Å². The van der Waals surface area contributed by atoms with Crippen molar-refractivity contribution >= 4 is 56.9 Å². The Bertz CT molecular complexity index is 1160. The topological polar surface area (TPSA) is 79.6 Å². The van der Waals surface area contributed by atoms with Crippen LogP contribution < -0.4 is 5.32 Å². The van der Waals surface area contributed by atoms with E-state index in [-0.39, 0.29) is 24.8 Å². The lowest BCUT2D eigenvalue weighted by Gasteiger charge is -2.15. The number of halogens is 1. The molecule has 9 heteroatoms. The van der Waals surface area contributed by atoms with Crippen LogP contribution in [0.4, 0.5) is 5.69 Å². The molecular weight excluding hydrogens is 422 g/mol. The van der Waals surface area contributed by atoms with Crippen LogP contribution in [0.5, 0.6) is 0 Å². The van der Waals surface area contributed by atoms with E-state index in [1.807, 2.05) is 43.4 Å². The van der Waals surface area contributed by atoms with E-state index in [4.69, 9.17) is 11.6 Å². The number of carbonyl (C=O) groups is 2. The van der Waals surface area contributed by atoms with Gasteiger partial charge in [-0.2, -0.15) is 5.10 Å². The van der Waals surface area contributed by atoms with Gasteiger partial charge in [0.05, 0.1) is 28.5 Å². The molecule has 0 spiro atoms. The minimum absolute atomic E-state index is 0.0843. The first-order chi connectivity index (χ1) is 14.5. The number of hydrogen-bond donors (Lipinski definition) is 1. The molecule has 1 atom stereocenters. The maximum absolute atomic E-state index is 13.2. The van der Waals surface area contributed by atoms with Gasteiger partial charge in [-0.25, -0.2) is 4.99 Å². The molecule has 1 fully saturated rings. The second-order valence-electron chi connectivity index (χ2n) is 6.84. The van der Waals surface area contributed by atoms with Crippen molar-refractivity contribution in [3.05, 3.63) is 59.2 Å². The standard InChI is InChI=1S/C21H20ClN5O2S/c1-23-19(28)11-18-20(29)27(21(30-18)24-15-9-5-4-8-14(15)22)12-16-13-7-3-6-10-17(13)26(2)25-16/h3-10,18H,11-12H2,1-2H3,(H,23,28). The van der Waals surface area contributed by atoms with Gasteiger partial charge < -0.3 is 5.32 Å². The average Bonchev–Trinajstić information content (AvgIpc) is 3.21. The van der Waals surface area contributed by atoms with E-state index in [2.05, 4.69) is 15.4 Å². The number of aliphatic imine (C=N–C) groups is 1. The molecule has 7 nitrogen and oxygen atoms in total. The normalized spacial score (nSPS) is 17.8. The number of nitrogens with zero attached hydrogens (tertiary/aromatic N) is 4. The fourth-order valence-electron chi connectivity index (χ4n) is 3.34. The van der Waals surface area contributed by atoms with Crippen LogP contribution in [-0.4, -0.2) is 44.0 Å². The number of aromatic nitrogens is 2. The van der Waals surface area contributed by atoms with Gasteiger partial charge in [0.1, 0.15) is 5.25 Å². The smallest absolute Gasteiger partial charge is 0.243 e. The number of hydrogen-bond acceptors (Lipinski definition) is 5. The van der Waals surface area contributed by atoms with Crippen molar-refractivity contribution in [1.29, 1.82) is 0 Å². The molecule has 0 bridgehead atoms. The number of carbonyl (C=O) groups excluding carboxylic acids is 2. The van der Waals surface area contributed by atoms with Crippen molar-refractivity contribution < 1.29 is 9.59 Å². The van der Waals surface area contributed by atoms with Crippen LogP contribution in [0.25, 0.3) is 10.9 Å². The summed E-state index contributed by atoms with van der Waals surface area (Å²) in [4.78, 5) is 31.3. The summed E-state index contributed by atoms with van der Waals surface area (Å²) in [6, 6.07) is 15.1. The summed E-state index contributed by atoms with van der Waals surface area (Å²) in [7, 11) is 3.43. The molecule has 0 saturated carbocycles. The van der Waals surface area contributed by atoms with E-state index in [1.54, 1.807) is 28.8 Å². The fraction of sp³-hybridized carbons (Fsp3) is 0.238. The first-order valence-electron chi connectivity index (χ1n) is 9.40. The molecule has 1 N–H and O–H groups in total. The van der Waals surface area contributed by atoms with Crippen LogP contribution in [0, 0.1) is 0 Å². The van der Waals surface area contributed by atoms with Gasteiger partial charge in [0.25, 0.3) is 0 Å². The van der Waals surface area contributed by atoms with Gasteiger partial charge in [0.2, 0.25) is 11.8 Å². The number of amides is 2. The van der Waals surface area contributed by atoms with Crippen molar-refractivity contribution in [1.82, 2.24) is 20.0 Å². The van der Waals surface area contributed by atoms with Crippen molar-refractivity contribution in [2.24, 2.45) is 12.0 Å². The fourth-order valence-corrected chi connectivity index (χ4v) is 4.67. The summed E-state index contributed by atoms with van der Waals surface area (Å²) in [6.07, 6.45) is 0.0843. The summed E-state index contributed by atoms with van der Waals surface area (Å²) in [5.41, 5.74) is 2.33. The van der Waals surface area contributed by atoms with Crippen molar-refractivity contribution in [3.8, 4) is 0 Å². The van der Waals surface area contributed by atoms with Crippen LogP contribution in [0.1, 0.15) is 12.1 Å². The minimum Gasteiger partial charge on any atom is -0.359 e. The van der Waals surface area contributed by atoms with E-state index < -0.39 is 5.25 Å². The Kier molecular flexibility index (Phi) is 5.78. The van der Waals surface area contributed by atoms with E-state index in [9.17, 15) is 9.59 Å². The molecule has 30 heavy (non-hydrogen) atoms. The lowest BCUT2D eigenvalue weighted by molar-refractivity contribution is -0.129. The molecule has 3 aromatic rings. The molecule has 1 aliphatic heterocycles. The van der Waals surface area contributed by atoms with E-state index >= 15 is 0 Å². The third-order valence-electron chi connectivity index (χ3n) is 4.88. The molecule has 0 aliphatic carbocycles. The number of thioether (sulfide) groups is 1. The maximum atomic E-state index is 13.2. The summed E-state index contributed by atoms with van der Waals surface area (Å²) in [5.74, 6) is -0.354. The number of nitrogens with one attached hydrogen (secondary N) is 1. The van der Waals surface area contributed by atoms with Gasteiger partial charge in [-0.15, -0.1) is 0 Å².